The standard InChI is InChI=1S/C11H6Br2N2O/c12-7-4-6-5-2-1-3-15-11(5)16-10(6)8(13)9(7)14/h1-4H,14H2. The molecule has 2 N–H and O–H groups in total. The van der Waals surface area contributed by atoms with Gasteiger partial charge in [-0.15, -0.1) is 0 Å². The van der Waals surface area contributed by atoms with Crippen LogP contribution < -0.4 is 5.73 Å². The average Bonchev–Trinajstić information content (AvgIpc) is 2.65. The average molecular weight is 342 g/mol. The van der Waals surface area contributed by atoms with Crippen molar-refractivity contribution in [2.45, 2.75) is 0 Å². The first-order valence-electron chi connectivity index (χ1n) is 4.59. The highest BCUT2D eigenvalue weighted by Crippen LogP contribution is 2.39. The molecule has 0 bridgehead atoms. The fourth-order valence-electron chi connectivity index (χ4n) is 1.69. The second-order valence-electron chi connectivity index (χ2n) is 3.42. The summed E-state index contributed by atoms with van der Waals surface area (Å²) in [6, 6.07) is 5.81. The molecule has 2 aromatic heterocycles. The fraction of sp³-hybridized carbons (Fsp3) is 0. The number of nitrogen functional groups attached to an aromatic ring is 1. The van der Waals surface area contributed by atoms with Crippen LogP contribution in [0.4, 0.5) is 5.69 Å². The van der Waals surface area contributed by atoms with Gasteiger partial charge in [-0.3, -0.25) is 0 Å². The molecule has 0 aliphatic carbocycles. The van der Waals surface area contributed by atoms with E-state index < -0.39 is 0 Å². The van der Waals surface area contributed by atoms with E-state index in [2.05, 4.69) is 36.8 Å². The summed E-state index contributed by atoms with van der Waals surface area (Å²) in [5.41, 5.74) is 7.88. The number of furan rings is 1. The summed E-state index contributed by atoms with van der Waals surface area (Å²) in [5, 5.41) is 1.98. The number of rotatable bonds is 0. The number of aromatic nitrogens is 1. The smallest absolute Gasteiger partial charge is 0.227 e. The van der Waals surface area contributed by atoms with Crippen molar-refractivity contribution in [3.05, 3.63) is 33.3 Å². The molecule has 0 amide bonds. The van der Waals surface area contributed by atoms with Crippen molar-refractivity contribution in [3.63, 3.8) is 0 Å². The molecule has 1 aromatic carbocycles. The zero-order valence-electron chi connectivity index (χ0n) is 8.00. The maximum absolute atomic E-state index is 5.90. The van der Waals surface area contributed by atoms with Crippen molar-refractivity contribution in [1.82, 2.24) is 4.98 Å². The van der Waals surface area contributed by atoms with Gasteiger partial charge in [0.15, 0.2) is 5.58 Å². The van der Waals surface area contributed by atoms with Gasteiger partial charge in [-0.2, -0.15) is 0 Å². The number of nitrogens with zero attached hydrogens (tertiary/aromatic N) is 1. The predicted molar refractivity (Wildman–Crippen MR) is 71.3 cm³/mol. The van der Waals surface area contributed by atoms with Crippen LogP contribution in [0.15, 0.2) is 37.8 Å². The fourth-order valence-corrected chi connectivity index (χ4v) is 2.89. The van der Waals surface area contributed by atoms with Gasteiger partial charge in [-0.25, -0.2) is 4.98 Å². The van der Waals surface area contributed by atoms with E-state index in [4.69, 9.17) is 10.2 Å². The van der Waals surface area contributed by atoms with Crippen LogP contribution >= 0.6 is 31.9 Å². The van der Waals surface area contributed by atoms with Crippen LogP contribution in [0.25, 0.3) is 22.1 Å². The summed E-state index contributed by atoms with van der Waals surface area (Å²) in [5.74, 6) is 0. The quantitative estimate of drug-likeness (QED) is 0.626. The molecule has 0 spiro atoms. The van der Waals surface area contributed by atoms with Crippen LogP contribution in [0.1, 0.15) is 0 Å². The van der Waals surface area contributed by atoms with Crippen LogP contribution in [0.2, 0.25) is 0 Å². The van der Waals surface area contributed by atoms with E-state index >= 15 is 0 Å². The van der Waals surface area contributed by atoms with Crippen LogP contribution in [0.5, 0.6) is 0 Å². The third-order valence-electron chi connectivity index (χ3n) is 2.47. The topological polar surface area (TPSA) is 52.0 Å². The molecule has 5 heteroatoms. The Morgan fingerprint density at radius 3 is 2.88 bits per heavy atom. The highest BCUT2D eigenvalue weighted by Gasteiger charge is 2.14. The maximum Gasteiger partial charge on any atom is 0.227 e. The molecule has 0 saturated heterocycles. The molecular weight excluding hydrogens is 336 g/mol. The summed E-state index contributed by atoms with van der Waals surface area (Å²) in [6.45, 7) is 0. The van der Waals surface area contributed by atoms with E-state index in [9.17, 15) is 0 Å². The number of hydrogen-bond acceptors (Lipinski definition) is 3. The van der Waals surface area contributed by atoms with Gasteiger partial charge >= 0.3 is 0 Å². The van der Waals surface area contributed by atoms with Gasteiger partial charge in [0.1, 0.15) is 0 Å². The first-order chi connectivity index (χ1) is 7.68. The monoisotopic (exact) mass is 340 g/mol. The van der Waals surface area contributed by atoms with Crippen molar-refractivity contribution in [3.8, 4) is 0 Å². The molecular formula is C11H6Br2N2O. The SMILES string of the molecule is Nc1c(Br)cc2c(oc3ncccc32)c1Br. The van der Waals surface area contributed by atoms with Gasteiger partial charge in [0.05, 0.1) is 10.2 Å². The predicted octanol–water partition coefficient (Wildman–Crippen LogP) is 4.09. The zero-order chi connectivity index (χ0) is 11.3. The highest BCUT2D eigenvalue weighted by atomic mass is 79.9. The van der Waals surface area contributed by atoms with Gasteiger partial charge in [0.2, 0.25) is 5.71 Å². The van der Waals surface area contributed by atoms with E-state index in [1.165, 1.54) is 0 Å². The van der Waals surface area contributed by atoms with Crippen LogP contribution in [0.3, 0.4) is 0 Å². The molecule has 0 aliphatic heterocycles. The maximum atomic E-state index is 5.90. The minimum absolute atomic E-state index is 0.621. The molecule has 3 aromatic rings. The molecule has 2 heterocycles. The number of hydrogen-bond donors (Lipinski definition) is 1. The largest absolute Gasteiger partial charge is 0.436 e. The lowest BCUT2D eigenvalue weighted by Gasteiger charge is -2.01. The molecule has 0 fully saturated rings. The van der Waals surface area contributed by atoms with Crippen molar-refractivity contribution in [2.24, 2.45) is 0 Å². The number of anilines is 1. The first-order valence-corrected chi connectivity index (χ1v) is 6.18. The number of nitrogens with two attached hydrogens (primary N) is 1. The Labute approximate surface area is 108 Å². The molecule has 16 heavy (non-hydrogen) atoms. The molecule has 80 valence electrons. The molecule has 0 saturated carbocycles. The van der Waals surface area contributed by atoms with Crippen molar-refractivity contribution in [2.75, 3.05) is 5.73 Å². The molecule has 3 rings (SSSR count). The Balaban J connectivity index is 2.60. The molecule has 0 aliphatic rings. The summed E-state index contributed by atoms with van der Waals surface area (Å²) < 4.78 is 7.27. The van der Waals surface area contributed by atoms with E-state index in [1.807, 2.05) is 18.2 Å². The van der Waals surface area contributed by atoms with Gasteiger partial charge < -0.3 is 10.2 Å². The second-order valence-corrected chi connectivity index (χ2v) is 5.07. The van der Waals surface area contributed by atoms with Crippen molar-refractivity contribution >= 4 is 59.6 Å². The van der Waals surface area contributed by atoms with E-state index in [0.717, 1.165) is 25.3 Å². The Morgan fingerprint density at radius 1 is 1.25 bits per heavy atom. The van der Waals surface area contributed by atoms with Gasteiger partial charge in [-0.05, 0) is 50.1 Å². The third kappa shape index (κ3) is 1.28. The molecule has 0 unspecified atom stereocenters. The van der Waals surface area contributed by atoms with Crippen LogP contribution in [-0.2, 0) is 0 Å². The summed E-state index contributed by atoms with van der Waals surface area (Å²) in [4.78, 5) is 4.18. The van der Waals surface area contributed by atoms with Gasteiger partial charge in [0, 0.05) is 21.4 Å². The summed E-state index contributed by atoms with van der Waals surface area (Å²) >= 11 is 6.85. The Bertz CT molecular complexity index is 706. The Kier molecular flexibility index (Phi) is 2.19. The van der Waals surface area contributed by atoms with Crippen LogP contribution in [-0.4, -0.2) is 4.98 Å². The molecule has 0 radical (unpaired) electrons. The normalized spacial score (nSPS) is 11.4. The number of pyridine rings is 1. The second kappa shape index (κ2) is 3.46. The van der Waals surface area contributed by atoms with E-state index in [1.54, 1.807) is 6.20 Å². The number of halogens is 2. The van der Waals surface area contributed by atoms with E-state index in [0.29, 0.717) is 11.4 Å². The summed E-state index contributed by atoms with van der Waals surface area (Å²) in [7, 11) is 0. The Morgan fingerprint density at radius 2 is 2.06 bits per heavy atom. The first kappa shape index (κ1) is 10.1. The lowest BCUT2D eigenvalue weighted by atomic mass is 10.2. The number of fused-ring (bicyclic) bond motifs is 3. The lowest BCUT2D eigenvalue weighted by molar-refractivity contribution is 0.652. The lowest BCUT2D eigenvalue weighted by Crippen LogP contribution is -1.88. The zero-order valence-corrected chi connectivity index (χ0v) is 11.2. The molecule has 3 nitrogen and oxygen atoms in total. The van der Waals surface area contributed by atoms with Crippen molar-refractivity contribution in [1.29, 1.82) is 0 Å². The Hall–Kier alpha value is -1.07. The minimum atomic E-state index is 0.621. The van der Waals surface area contributed by atoms with E-state index in [-0.39, 0.29) is 0 Å². The van der Waals surface area contributed by atoms with Gasteiger partial charge in [-0.1, -0.05) is 0 Å². The van der Waals surface area contributed by atoms with Crippen molar-refractivity contribution < 1.29 is 4.42 Å². The third-order valence-corrected chi connectivity index (χ3v) is 3.91. The van der Waals surface area contributed by atoms with Crippen LogP contribution in [0, 0.1) is 0 Å². The van der Waals surface area contributed by atoms with Gasteiger partial charge in [0.25, 0.3) is 0 Å². The minimum Gasteiger partial charge on any atom is -0.436 e. The number of benzene rings is 1. The highest BCUT2D eigenvalue weighted by molar-refractivity contribution is 9.11. The summed E-state index contributed by atoms with van der Waals surface area (Å²) in [6.07, 6.45) is 1.71. The molecule has 0 atom stereocenters.